The van der Waals surface area contributed by atoms with Gasteiger partial charge in [0.05, 0.1) is 6.21 Å². The second kappa shape index (κ2) is 2.87. The second-order valence-corrected chi connectivity index (χ2v) is 1.76. The number of hydrogen-bond acceptors (Lipinski definition) is 5. The van der Waals surface area contributed by atoms with E-state index in [2.05, 4.69) is 9.73 Å². The molecule has 0 saturated heterocycles. The van der Waals surface area contributed by atoms with E-state index in [4.69, 9.17) is 15.6 Å². The number of nitrogens with zero attached hydrogens (tertiary/aromatic N) is 1. The summed E-state index contributed by atoms with van der Waals surface area (Å²) >= 11 is 0. The highest BCUT2D eigenvalue weighted by molar-refractivity contribution is 6.25. The van der Waals surface area contributed by atoms with Crippen LogP contribution in [-0.4, -0.2) is 22.3 Å². The van der Waals surface area contributed by atoms with Crippen LogP contribution in [0, 0.1) is 5.41 Å². The molecule has 5 heteroatoms. The Balaban J connectivity index is 2.94. The fraction of sp³-hybridized carbons (Fsp3) is 0. The van der Waals surface area contributed by atoms with Gasteiger partial charge in [-0.3, -0.25) is 0 Å². The summed E-state index contributed by atoms with van der Waals surface area (Å²) in [6.07, 6.45) is 2.81. The van der Waals surface area contributed by atoms with Crippen molar-refractivity contribution in [3.63, 3.8) is 0 Å². The molecule has 11 heavy (non-hydrogen) atoms. The number of aliphatic hydroxyl groups is 2. The maximum Gasteiger partial charge on any atom is 0.239 e. The van der Waals surface area contributed by atoms with E-state index in [0.29, 0.717) is 0 Å². The quantitative estimate of drug-likeness (QED) is 0.489. The van der Waals surface area contributed by atoms with E-state index < -0.39 is 5.88 Å². The first-order valence-electron chi connectivity index (χ1n) is 2.78. The summed E-state index contributed by atoms with van der Waals surface area (Å²) in [7, 11) is 0. The van der Waals surface area contributed by atoms with Gasteiger partial charge in [-0.1, -0.05) is 0 Å². The second-order valence-electron chi connectivity index (χ2n) is 1.76. The van der Waals surface area contributed by atoms with E-state index >= 15 is 0 Å². The van der Waals surface area contributed by atoms with Crippen molar-refractivity contribution in [3.05, 3.63) is 24.0 Å². The first-order valence-corrected chi connectivity index (χ1v) is 2.78. The summed E-state index contributed by atoms with van der Waals surface area (Å²) in [4.78, 5) is 3.40. The maximum absolute atomic E-state index is 8.85. The summed E-state index contributed by atoms with van der Waals surface area (Å²) < 4.78 is 4.62. The molecule has 58 valence electrons. The Labute approximate surface area is 62.5 Å². The van der Waals surface area contributed by atoms with Crippen molar-refractivity contribution >= 4 is 12.1 Å². The Kier molecular flexibility index (Phi) is 1.91. The maximum atomic E-state index is 8.85. The first-order chi connectivity index (χ1) is 5.22. The molecule has 0 amide bonds. The zero-order chi connectivity index (χ0) is 8.27. The van der Waals surface area contributed by atoms with E-state index in [1.165, 1.54) is 0 Å². The molecule has 0 fully saturated rings. The molecule has 0 aromatic heterocycles. The van der Waals surface area contributed by atoms with E-state index in [0.717, 1.165) is 18.6 Å². The monoisotopic (exact) mass is 154 g/mol. The highest BCUT2D eigenvalue weighted by Gasteiger charge is 2.02. The summed E-state index contributed by atoms with van der Waals surface area (Å²) in [5.74, 6) is -0.722. The first kappa shape index (κ1) is 7.33. The Morgan fingerprint density at radius 3 is 2.91 bits per heavy atom. The molecule has 0 aromatic rings. The van der Waals surface area contributed by atoms with Crippen LogP contribution in [0.5, 0.6) is 0 Å². The lowest BCUT2D eigenvalue weighted by Gasteiger charge is -1.93. The third-order valence-corrected chi connectivity index (χ3v) is 0.926. The van der Waals surface area contributed by atoms with Crippen molar-refractivity contribution < 1.29 is 14.9 Å². The number of hydrogen-bond donors (Lipinski definition) is 3. The van der Waals surface area contributed by atoms with Crippen molar-refractivity contribution in [1.29, 1.82) is 5.41 Å². The lowest BCUT2D eigenvalue weighted by atomic mass is 10.5. The van der Waals surface area contributed by atoms with Crippen LogP contribution in [-0.2, 0) is 4.74 Å². The number of aliphatic hydroxyl groups excluding tert-OH is 2. The lowest BCUT2D eigenvalue weighted by Crippen LogP contribution is -2.00. The van der Waals surface area contributed by atoms with Crippen LogP contribution in [0.1, 0.15) is 0 Å². The molecule has 0 atom stereocenters. The molecule has 1 aliphatic rings. The number of allylic oxidation sites excluding steroid dienone is 1. The van der Waals surface area contributed by atoms with E-state index in [1.807, 2.05) is 0 Å². The molecule has 0 spiro atoms. The highest BCUT2D eigenvalue weighted by Crippen LogP contribution is 2.03. The van der Waals surface area contributed by atoms with Crippen molar-refractivity contribution in [2.45, 2.75) is 0 Å². The number of aliphatic imine (C=N–C) groups is 1. The van der Waals surface area contributed by atoms with Crippen molar-refractivity contribution in [2.24, 2.45) is 4.99 Å². The number of rotatable bonds is 1. The zero-order valence-electron chi connectivity index (χ0n) is 5.48. The Hall–Kier alpha value is -1.78. The van der Waals surface area contributed by atoms with Crippen molar-refractivity contribution in [1.82, 2.24) is 0 Å². The van der Waals surface area contributed by atoms with Gasteiger partial charge >= 0.3 is 0 Å². The van der Waals surface area contributed by atoms with Gasteiger partial charge < -0.3 is 20.4 Å². The summed E-state index contributed by atoms with van der Waals surface area (Å²) in [6, 6.07) is 0. The molecule has 0 aliphatic carbocycles. The minimum absolute atomic E-state index is 0.0807. The normalized spacial score (nSPS) is 16.9. The zero-order valence-corrected chi connectivity index (χ0v) is 5.48. The van der Waals surface area contributed by atoms with E-state index in [9.17, 15) is 0 Å². The average molecular weight is 154 g/mol. The van der Waals surface area contributed by atoms with Gasteiger partial charge in [-0.05, 0) is 0 Å². The van der Waals surface area contributed by atoms with Gasteiger partial charge in [-0.25, -0.2) is 0 Å². The van der Waals surface area contributed by atoms with Crippen LogP contribution in [0.4, 0.5) is 0 Å². The smallest absolute Gasteiger partial charge is 0.239 e. The van der Waals surface area contributed by atoms with Gasteiger partial charge in [0, 0.05) is 6.08 Å². The molecular formula is C6H6N2O3. The van der Waals surface area contributed by atoms with E-state index in [-0.39, 0.29) is 11.7 Å². The van der Waals surface area contributed by atoms with Crippen LogP contribution in [0.3, 0.4) is 0 Å². The van der Waals surface area contributed by atoms with Crippen molar-refractivity contribution in [2.75, 3.05) is 0 Å². The van der Waals surface area contributed by atoms with Gasteiger partial charge in [0.1, 0.15) is 6.26 Å². The average Bonchev–Trinajstić information content (AvgIpc) is 2.11. The molecule has 0 radical (unpaired) electrons. The Morgan fingerprint density at radius 2 is 2.27 bits per heavy atom. The summed E-state index contributed by atoms with van der Waals surface area (Å²) in [5, 5.41) is 24.4. The SMILES string of the molecule is N=CC1=NC(O)=CC(O)=CO1. The Morgan fingerprint density at radius 1 is 1.55 bits per heavy atom. The van der Waals surface area contributed by atoms with Gasteiger partial charge in [0.2, 0.25) is 11.8 Å². The fourth-order valence-corrected chi connectivity index (χ4v) is 0.525. The van der Waals surface area contributed by atoms with Crippen LogP contribution in [0.2, 0.25) is 0 Å². The van der Waals surface area contributed by atoms with Crippen LogP contribution < -0.4 is 0 Å². The summed E-state index contributed by atoms with van der Waals surface area (Å²) in [5.41, 5.74) is 0. The van der Waals surface area contributed by atoms with Gasteiger partial charge in [-0.15, -0.1) is 0 Å². The predicted molar refractivity (Wildman–Crippen MR) is 38.7 cm³/mol. The van der Waals surface area contributed by atoms with Crippen LogP contribution in [0.25, 0.3) is 0 Å². The van der Waals surface area contributed by atoms with Gasteiger partial charge in [0.25, 0.3) is 0 Å². The van der Waals surface area contributed by atoms with Crippen molar-refractivity contribution in [3.8, 4) is 0 Å². The third-order valence-electron chi connectivity index (χ3n) is 0.926. The molecule has 1 rings (SSSR count). The molecule has 1 heterocycles. The molecule has 0 unspecified atom stereocenters. The van der Waals surface area contributed by atoms with Crippen LogP contribution >= 0.6 is 0 Å². The molecule has 3 N–H and O–H groups in total. The van der Waals surface area contributed by atoms with Gasteiger partial charge in [0.15, 0.2) is 5.76 Å². The number of nitrogens with one attached hydrogen (secondary N) is 1. The molecule has 0 aromatic carbocycles. The minimum atomic E-state index is -0.394. The van der Waals surface area contributed by atoms with Gasteiger partial charge in [-0.2, -0.15) is 4.99 Å². The largest absolute Gasteiger partial charge is 0.505 e. The molecule has 0 bridgehead atoms. The third kappa shape index (κ3) is 1.82. The Bertz CT molecular complexity index is 265. The summed E-state index contributed by atoms with van der Waals surface area (Å²) in [6.45, 7) is 0. The lowest BCUT2D eigenvalue weighted by molar-refractivity contribution is 0.380. The fourth-order valence-electron chi connectivity index (χ4n) is 0.525. The molecular weight excluding hydrogens is 148 g/mol. The van der Waals surface area contributed by atoms with E-state index in [1.54, 1.807) is 0 Å². The molecule has 5 nitrogen and oxygen atoms in total. The molecule has 0 saturated carbocycles. The molecule has 1 aliphatic heterocycles. The minimum Gasteiger partial charge on any atom is -0.505 e. The van der Waals surface area contributed by atoms with Crippen LogP contribution in [0.15, 0.2) is 29.0 Å². The predicted octanol–water partition coefficient (Wildman–Crippen LogP) is 0.863. The highest BCUT2D eigenvalue weighted by atomic mass is 16.5. The topological polar surface area (TPSA) is 85.9 Å². The number of ether oxygens (including phenoxy) is 1. The standard InChI is InChI=1S/C6H6N2O3/c7-2-6-8-5(10)1-4(9)3-11-6/h1-3,7,9-10H.